The van der Waals surface area contributed by atoms with Gasteiger partial charge in [0.05, 0.1) is 5.69 Å². The summed E-state index contributed by atoms with van der Waals surface area (Å²) in [5, 5.41) is 3.47. The molecular formula is C18H27N3. The first-order valence-corrected chi connectivity index (χ1v) is 8.69. The summed E-state index contributed by atoms with van der Waals surface area (Å²) in [7, 11) is 0. The first-order valence-electron chi connectivity index (χ1n) is 8.69. The Morgan fingerprint density at radius 3 is 2.33 bits per heavy atom. The lowest BCUT2D eigenvalue weighted by Crippen LogP contribution is -2.49. The van der Waals surface area contributed by atoms with Gasteiger partial charge in [0.15, 0.2) is 0 Å². The zero-order chi connectivity index (χ0) is 14.4. The topological polar surface area (TPSA) is 37.8 Å². The number of nitrogens with one attached hydrogen (secondary N) is 1. The van der Waals surface area contributed by atoms with E-state index in [2.05, 4.69) is 25.2 Å². The Bertz CT molecular complexity index is 488. The standard InChI is InChI=1S/C18H27N3/c1-12(2)20-11-16-3-4-19-17(21-16)18-8-13-5-14(9-18)7-15(6-13)10-18/h3-4,12-15,20H,5-11H2,1-2H3. The van der Waals surface area contributed by atoms with Crippen molar-refractivity contribution in [1.29, 1.82) is 0 Å². The molecule has 0 atom stereocenters. The van der Waals surface area contributed by atoms with Crippen molar-refractivity contribution in [3.05, 3.63) is 23.8 Å². The van der Waals surface area contributed by atoms with E-state index in [1.165, 1.54) is 38.5 Å². The van der Waals surface area contributed by atoms with Crippen LogP contribution in [0.4, 0.5) is 0 Å². The second-order valence-corrected chi connectivity index (χ2v) is 8.11. The smallest absolute Gasteiger partial charge is 0.134 e. The molecule has 1 N–H and O–H groups in total. The highest BCUT2D eigenvalue weighted by atomic mass is 15.0. The highest BCUT2D eigenvalue weighted by molar-refractivity contribution is 5.18. The lowest BCUT2D eigenvalue weighted by Gasteiger charge is -2.56. The van der Waals surface area contributed by atoms with Crippen LogP contribution in [0.5, 0.6) is 0 Å². The third-order valence-electron chi connectivity index (χ3n) is 5.92. The summed E-state index contributed by atoms with van der Waals surface area (Å²) < 4.78 is 0. The van der Waals surface area contributed by atoms with Gasteiger partial charge in [-0.05, 0) is 62.3 Å². The van der Waals surface area contributed by atoms with E-state index in [4.69, 9.17) is 9.97 Å². The Kier molecular flexibility index (Phi) is 3.29. The number of nitrogens with zero attached hydrogens (tertiary/aromatic N) is 2. The van der Waals surface area contributed by atoms with Crippen LogP contribution >= 0.6 is 0 Å². The number of rotatable bonds is 4. The summed E-state index contributed by atoms with van der Waals surface area (Å²) in [6.45, 7) is 5.22. The van der Waals surface area contributed by atoms with Crippen molar-refractivity contribution in [2.24, 2.45) is 17.8 Å². The molecule has 0 unspecified atom stereocenters. The SMILES string of the molecule is CC(C)NCc1ccnc(C23CC4CC(CC(C4)C2)C3)n1. The maximum Gasteiger partial charge on any atom is 0.134 e. The Balaban J connectivity index is 1.59. The molecule has 0 saturated heterocycles. The average molecular weight is 285 g/mol. The zero-order valence-corrected chi connectivity index (χ0v) is 13.3. The van der Waals surface area contributed by atoms with Crippen LogP contribution in [0.3, 0.4) is 0 Å². The normalized spacial score (nSPS) is 37.4. The van der Waals surface area contributed by atoms with Gasteiger partial charge in [-0.2, -0.15) is 0 Å². The Morgan fingerprint density at radius 1 is 1.14 bits per heavy atom. The predicted molar refractivity (Wildman–Crippen MR) is 83.9 cm³/mol. The second kappa shape index (κ2) is 5.05. The average Bonchev–Trinajstić information content (AvgIpc) is 2.44. The molecule has 4 bridgehead atoms. The van der Waals surface area contributed by atoms with Gasteiger partial charge >= 0.3 is 0 Å². The van der Waals surface area contributed by atoms with E-state index < -0.39 is 0 Å². The van der Waals surface area contributed by atoms with Crippen molar-refractivity contribution in [1.82, 2.24) is 15.3 Å². The molecular weight excluding hydrogens is 258 g/mol. The first kappa shape index (κ1) is 13.7. The lowest BCUT2D eigenvalue weighted by atomic mass is 9.49. The van der Waals surface area contributed by atoms with E-state index in [9.17, 15) is 0 Å². The molecule has 3 heteroatoms. The predicted octanol–water partition coefficient (Wildman–Crippen LogP) is 3.44. The van der Waals surface area contributed by atoms with Crippen molar-refractivity contribution in [2.45, 2.75) is 70.4 Å². The molecule has 0 aliphatic heterocycles. The highest BCUT2D eigenvalue weighted by Gasteiger charge is 2.53. The molecule has 4 fully saturated rings. The summed E-state index contributed by atoms with van der Waals surface area (Å²) in [4.78, 5) is 9.68. The second-order valence-electron chi connectivity index (χ2n) is 8.11. The third-order valence-corrected chi connectivity index (χ3v) is 5.92. The molecule has 1 heterocycles. The van der Waals surface area contributed by atoms with Crippen LogP contribution in [0, 0.1) is 17.8 Å². The van der Waals surface area contributed by atoms with Gasteiger partial charge < -0.3 is 5.32 Å². The molecule has 4 aliphatic rings. The molecule has 1 aromatic rings. The first-order chi connectivity index (χ1) is 10.1. The molecule has 0 radical (unpaired) electrons. The van der Waals surface area contributed by atoms with E-state index in [0.29, 0.717) is 11.5 Å². The summed E-state index contributed by atoms with van der Waals surface area (Å²) in [6, 6.07) is 2.57. The molecule has 0 amide bonds. The molecule has 114 valence electrons. The minimum Gasteiger partial charge on any atom is -0.309 e. The van der Waals surface area contributed by atoms with Crippen LogP contribution < -0.4 is 5.32 Å². The fraction of sp³-hybridized carbons (Fsp3) is 0.778. The monoisotopic (exact) mass is 285 g/mol. The van der Waals surface area contributed by atoms with Crippen LogP contribution in [0.1, 0.15) is 63.9 Å². The van der Waals surface area contributed by atoms with Crippen molar-refractivity contribution in [3.8, 4) is 0 Å². The summed E-state index contributed by atoms with van der Waals surface area (Å²) >= 11 is 0. The van der Waals surface area contributed by atoms with E-state index >= 15 is 0 Å². The minimum atomic E-state index is 0.322. The van der Waals surface area contributed by atoms with Crippen LogP contribution in [0.15, 0.2) is 12.3 Å². The fourth-order valence-electron chi connectivity index (χ4n) is 5.44. The van der Waals surface area contributed by atoms with E-state index in [1.807, 2.05) is 6.20 Å². The van der Waals surface area contributed by atoms with Gasteiger partial charge in [-0.3, -0.25) is 0 Å². The van der Waals surface area contributed by atoms with Crippen LogP contribution in [-0.4, -0.2) is 16.0 Å². The van der Waals surface area contributed by atoms with Gasteiger partial charge in [0.1, 0.15) is 5.82 Å². The van der Waals surface area contributed by atoms with E-state index in [-0.39, 0.29) is 0 Å². The maximum atomic E-state index is 4.96. The molecule has 4 aliphatic carbocycles. The molecule has 0 spiro atoms. The Hall–Kier alpha value is -0.960. The zero-order valence-electron chi connectivity index (χ0n) is 13.3. The molecule has 21 heavy (non-hydrogen) atoms. The van der Waals surface area contributed by atoms with Crippen molar-refractivity contribution in [3.63, 3.8) is 0 Å². The van der Waals surface area contributed by atoms with Gasteiger partial charge in [-0.1, -0.05) is 13.8 Å². The molecule has 3 nitrogen and oxygen atoms in total. The van der Waals surface area contributed by atoms with Crippen molar-refractivity contribution >= 4 is 0 Å². The minimum absolute atomic E-state index is 0.322. The Labute approximate surface area is 128 Å². The highest BCUT2D eigenvalue weighted by Crippen LogP contribution is 2.60. The van der Waals surface area contributed by atoms with E-state index in [0.717, 1.165) is 35.8 Å². The summed E-state index contributed by atoms with van der Waals surface area (Å²) in [5.74, 6) is 4.02. The third kappa shape index (κ3) is 2.50. The quantitative estimate of drug-likeness (QED) is 0.921. The van der Waals surface area contributed by atoms with Gasteiger partial charge in [-0.15, -0.1) is 0 Å². The number of hydrogen-bond acceptors (Lipinski definition) is 3. The van der Waals surface area contributed by atoms with Gasteiger partial charge in [0.25, 0.3) is 0 Å². The largest absolute Gasteiger partial charge is 0.309 e. The van der Waals surface area contributed by atoms with Crippen LogP contribution in [-0.2, 0) is 12.0 Å². The molecule has 0 aromatic carbocycles. The van der Waals surface area contributed by atoms with Gasteiger partial charge in [0.2, 0.25) is 0 Å². The van der Waals surface area contributed by atoms with Crippen molar-refractivity contribution < 1.29 is 0 Å². The number of aromatic nitrogens is 2. The van der Waals surface area contributed by atoms with E-state index in [1.54, 1.807) is 0 Å². The fourth-order valence-corrected chi connectivity index (χ4v) is 5.44. The van der Waals surface area contributed by atoms with Crippen molar-refractivity contribution in [2.75, 3.05) is 0 Å². The summed E-state index contributed by atoms with van der Waals surface area (Å²) in [5.41, 5.74) is 1.48. The Morgan fingerprint density at radius 2 is 1.76 bits per heavy atom. The maximum absolute atomic E-state index is 4.96. The summed E-state index contributed by atoms with van der Waals surface area (Å²) in [6.07, 6.45) is 10.5. The van der Waals surface area contributed by atoms with Gasteiger partial charge in [-0.25, -0.2) is 9.97 Å². The van der Waals surface area contributed by atoms with Crippen LogP contribution in [0.2, 0.25) is 0 Å². The molecule has 5 rings (SSSR count). The lowest BCUT2D eigenvalue weighted by molar-refractivity contribution is -0.00950. The van der Waals surface area contributed by atoms with Crippen LogP contribution in [0.25, 0.3) is 0 Å². The molecule has 4 saturated carbocycles. The molecule has 1 aromatic heterocycles. The van der Waals surface area contributed by atoms with Gasteiger partial charge in [0, 0.05) is 24.2 Å². The number of hydrogen-bond donors (Lipinski definition) is 1.